The number of halogens is 2. The lowest BCUT2D eigenvalue weighted by molar-refractivity contribution is -0.119. The first-order chi connectivity index (χ1) is 6.99. The van der Waals surface area contributed by atoms with Crippen molar-refractivity contribution in [3.05, 3.63) is 34.6 Å². The Morgan fingerprint density at radius 3 is 2.80 bits per heavy atom. The number of hydrogen-bond donors (Lipinski definition) is 2. The van der Waals surface area contributed by atoms with E-state index in [9.17, 15) is 14.3 Å². The Balaban J connectivity index is 2.64. The number of benzene rings is 1. The van der Waals surface area contributed by atoms with Crippen molar-refractivity contribution in [2.45, 2.75) is 18.9 Å². The van der Waals surface area contributed by atoms with E-state index >= 15 is 0 Å². The largest absolute Gasteiger partial charge is 0.392 e. The lowest BCUT2D eigenvalue weighted by Crippen LogP contribution is -2.21. The Bertz CT molecular complexity index is 370. The molecule has 0 heterocycles. The summed E-state index contributed by atoms with van der Waals surface area (Å²) in [7, 11) is 0. The first-order valence-corrected chi connectivity index (χ1v) is 4.77. The van der Waals surface area contributed by atoms with E-state index in [4.69, 9.17) is 17.3 Å². The molecule has 0 unspecified atom stereocenters. The van der Waals surface area contributed by atoms with Gasteiger partial charge in [-0.25, -0.2) is 4.39 Å². The van der Waals surface area contributed by atoms with Crippen LogP contribution in [-0.2, 0) is 11.2 Å². The quantitative estimate of drug-likeness (QED) is 0.820. The van der Waals surface area contributed by atoms with Crippen molar-refractivity contribution in [2.75, 3.05) is 0 Å². The van der Waals surface area contributed by atoms with Gasteiger partial charge in [-0.05, 0) is 24.1 Å². The van der Waals surface area contributed by atoms with E-state index in [2.05, 4.69) is 0 Å². The van der Waals surface area contributed by atoms with Gasteiger partial charge in [0.25, 0.3) is 0 Å². The minimum atomic E-state index is -0.857. The van der Waals surface area contributed by atoms with E-state index in [-0.39, 0.29) is 17.9 Å². The second kappa shape index (κ2) is 5.09. The van der Waals surface area contributed by atoms with Crippen molar-refractivity contribution in [1.29, 1.82) is 0 Å². The average molecular weight is 232 g/mol. The molecular formula is C10H11ClFNO2. The van der Waals surface area contributed by atoms with Crippen molar-refractivity contribution >= 4 is 17.5 Å². The third-order valence-electron chi connectivity index (χ3n) is 1.89. The molecule has 0 aliphatic carbocycles. The van der Waals surface area contributed by atoms with E-state index in [1.165, 1.54) is 18.2 Å². The van der Waals surface area contributed by atoms with Crippen molar-refractivity contribution < 1.29 is 14.3 Å². The summed E-state index contributed by atoms with van der Waals surface area (Å²) < 4.78 is 12.8. The highest BCUT2D eigenvalue weighted by molar-refractivity contribution is 6.30. The molecule has 1 atom stereocenters. The number of aliphatic hydroxyl groups excluding tert-OH is 1. The molecule has 0 spiro atoms. The van der Waals surface area contributed by atoms with Gasteiger partial charge in [-0.15, -0.1) is 0 Å². The lowest BCUT2D eigenvalue weighted by Gasteiger charge is -2.08. The monoisotopic (exact) mass is 231 g/mol. The Morgan fingerprint density at radius 2 is 2.27 bits per heavy atom. The number of primary amides is 1. The Kier molecular flexibility index (Phi) is 4.05. The molecule has 0 aliphatic rings. The van der Waals surface area contributed by atoms with Crippen molar-refractivity contribution in [3.8, 4) is 0 Å². The van der Waals surface area contributed by atoms with Crippen LogP contribution >= 0.6 is 11.6 Å². The topological polar surface area (TPSA) is 63.3 Å². The number of rotatable bonds is 4. The van der Waals surface area contributed by atoms with Gasteiger partial charge in [0.2, 0.25) is 5.91 Å². The molecule has 1 aromatic carbocycles. The first-order valence-electron chi connectivity index (χ1n) is 4.39. The SMILES string of the molecule is NC(=O)C[C@H](O)Cc1ccc(F)c(Cl)c1. The average Bonchev–Trinajstić information content (AvgIpc) is 2.10. The summed E-state index contributed by atoms with van der Waals surface area (Å²) in [5.74, 6) is -1.08. The van der Waals surface area contributed by atoms with Crippen LogP contribution in [0.2, 0.25) is 5.02 Å². The third-order valence-corrected chi connectivity index (χ3v) is 2.18. The predicted molar refractivity (Wildman–Crippen MR) is 54.9 cm³/mol. The summed E-state index contributed by atoms with van der Waals surface area (Å²) in [4.78, 5) is 10.5. The maximum atomic E-state index is 12.8. The summed E-state index contributed by atoms with van der Waals surface area (Å²) in [6.45, 7) is 0. The molecule has 1 rings (SSSR count). The third kappa shape index (κ3) is 3.85. The van der Waals surface area contributed by atoms with Gasteiger partial charge < -0.3 is 10.8 Å². The Hall–Kier alpha value is -1.13. The van der Waals surface area contributed by atoms with Crippen LogP contribution in [0.25, 0.3) is 0 Å². The fraction of sp³-hybridized carbons (Fsp3) is 0.300. The summed E-state index contributed by atoms with van der Waals surface area (Å²) >= 11 is 5.55. The minimum absolute atomic E-state index is 0.00113. The molecule has 0 saturated heterocycles. The second-order valence-electron chi connectivity index (χ2n) is 3.28. The number of hydrogen-bond acceptors (Lipinski definition) is 2. The van der Waals surface area contributed by atoms with Crippen LogP contribution in [0.15, 0.2) is 18.2 Å². The lowest BCUT2D eigenvalue weighted by atomic mass is 10.1. The van der Waals surface area contributed by atoms with Crippen molar-refractivity contribution in [2.24, 2.45) is 5.73 Å². The highest BCUT2D eigenvalue weighted by Crippen LogP contribution is 2.17. The van der Waals surface area contributed by atoms with Gasteiger partial charge in [0.15, 0.2) is 0 Å². The molecule has 5 heteroatoms. The van der Waals surface area contributed by atoms with Crippen LogP contribution in [0.1, 0.15) is 12.0 Å². The summed E-state index contributed by atoms with van der Waals surface area (Å²) in [5.41, 5.74) is 5.58. The first kappa shape index (κ1) is 11.9. The minimum Gasteiger partial charge on any atom is -0.392 e. The van der Waals surface area contributed by atoms with Crippen LogP contribution in [0, 0.1) is 5.82 Å². The molecular weight excluding hydrogens is 221 g/mol. The summed E-state index contributed by atoms with van der Waals surface area (Å²) in [6, 6.07) is 4.14. The van der Waals surface area contributed by atoms with Crippen LogP contribution in [0.5, 0.6) is 0 Å². The fourth-order valence-electron chi connectivity index (χ4n) is 1.24. The smallest absolute Gasteiger partial charge is 0.220 e. The summed E-state index contributed by atoms with van der Waals surface area (Å²) in [5, 5.41) is 9.39. The molecule has 1 amide bonds. The molecule has 0 saturated carbocycles. The standard InChI is InChI=1S/C10H11ClFNO2/c11-8-4-6(1-2-9(8)12)3-7(14)5-10(13)15/h1-2,4,7,14H,3,5H2,(H2,13,15)/t7-/m1/s1. The van der Waals surface area contributed by atoms with E-state index in [0.29, 0.717) is 5.56 Å². The second-order valence-corrected chi connectivity index (χ2v) is 3.68. The maximum absolute atomic E-state index is 12.8. The Labute approximate surface area is 91.7 Å². The number of aliphatic hydroxyl groups is 1. The molecule has 0 fully saturated rings. The van der Waals surface area contributed by atoms with Gasteiger partial charge in [0.1, 0.15) is 5.82 Å². The number of amides is 1. The number of nitrogens with two attached hydrogens (primary N) is 1. The molecule has 15 heavy (non-hydrogen) atoms. The van der Waals surface area contributed by atoms with E-state index < -0.39 is 17.8 Å². The Morgan fingerprint density at radius 1 is 1.60 bits per heavy atom. The van der Waals surface area contributed by atoms with E-state index in [1.807, 2.05) is 0 Å². The van der Waals surface area contributed by atoms with Crippen LogP contribution < -0.4 is 5.73 Å². The van der Waals surface area contributed by atoms with Gasteiger partial charge in [-0.3, -0.25) is 4.79 Å². The normalized spacial score (nSPS) is 12.5. The molecule has 1 aromatic rings. The van der Waals surface area contributed by atoms with Crippen LogP contribution in [0.4, 0.5) is 4.39 Å². The number of carbonyl (C=O) groups is 1. The van der Waals surface area contributed by atoms with Gasteiger partial charge in [-0.1, -0.05) is 17.7 Å². The molecule has 3 N–H and O–H groups in total. The van der Waals surface area contributed by atoms with E-state index in [1.54, 1.807) is 0 Å². The van der Waals surface area contributed by atoms with Gasteiger partial charge in [0.05, 0.1) is 17.5 Å². The number of carbonyl (C=O) groups excluding carboxylic acids is 1. The summed E-state index contributed by atoms with van der Waals surface area (Å²) in [6.07, 6.45) is -0.748. The fourth-order valence-corrected chi connectivity index (χ4v) is 1.45. The molecule has 0 bridgehead atoms. The van der Waals surface area contributed by atoms with Gasteiger partial charge >= 0.3 is 0 Å². The molecule has 82 valence electrons. The van der Waals surface area contributed by atoms with E-state index in [0.717, 1.165) is 0 Å². The predicted octanol–water partition coefficient (Wildman–Crippen LogP) is 1.26. The van der Waals surface area contributed by atoms with Crippen LogP contribution in [-0.4, -0.2) is 17.1 Å². The van der Waals surface area contributed by atoms with Crippen molar-refractivity contribution in [1.82, 2.24) is 0 Å². The molecule has 0 aliphatic heterocycles. The van der Waals surface area contributed by atoms with Gasteiger partial charge in [-0.2, -0.15) is 0 Å². The zero-order valence-corrected chi connectivity index (χ0v) is 8.67. The zero-order chi connectivity index (χ0) is 11.4. The molecule has 0 aromatic heterocycles. The highest BCUT2D eigenvalue weighted by Gasteiger charge is 2.10. The van der Waals surface area contributed by atoms with Gasteiger partial charge in [0, 0.05) is 0 Å². The van der Waals surface area contributed by atoms with Crippen LogP contribution in [0.3, 0.4) is 0 Å². The van der Waals surface area contributed by atoms with Crippen molar-refractivity contribution in [3.63, 3.8) is 0 Å². The molecule has 0 radical (unpaired) electrons. The zero-order valence-electron chi connectivity index (χ0n) is 7.91. The maximum Gasteiger partial charge on any atom is 0.220 e. The molecule has 3 nitrogen and oxygen atoms in total. The highest BCUT2D eigenvalue weighted by atomic mass is 35.5.